The molecule has 0 fully saturated rings. The van der Waals surface area contributed by atoms with Crippen LogP contribution in [0.25, 0.3) is 11.5 Å². The second kappa shape index (κ2) is 8.53. The van der Waals surface area contributed by atoms with Gasteiger partial charge in [0, 0.05) is 23.3 Å². The molecule has 6 nitrogen and oxygen atoms in total. The van der Waals surface area contributed by atoms with Crippen molar-refractivity contribution in [3.05, 3.63) is 71.8 Å². The average molecular weight is 354 g/mol. The van der Waals surface area contributed by atoms with Crippen molar-refractivity contribution in [3.8, 4) is 11.5 Å². The Bertz CT molecular complexity index is 806. The van der Waals surface area contributed by atoms with Gasteiger partial charge in [0.05, 0.1) is 14.2 Å². The van der Waals surface area contributed by atoms with Crippen LogP contribution in [0.4, 0.5) is 0 Å². The van der Waals surface area contributed by atoms with E-state index in [2.05, 4.69) is 0 Å². The van der Waals surface area contributed by atoms with Crippen LogP contribution in [0.5, 0.6) is 11.5 Å². The lowest BCUT2D eigenvalue weighted by atomic mass is 10.1. The molecule has 0 aliphatic rings. The molecule has 0 spiro atoms. The van der Waals surface area contributed by atoms with Gasteiger partial charge in [0.2, 0.25) is 11.6 Å². The SMILES string of the molecule is COc1cccc(C(O)=CC(=O)C(=O)C=C(O)c2cccc(OC)c2)c1. The standard InChI is InChI=1S/C20H18O6/c1-25-15-7-3-5-13(9-15)17(21)11-19(23)20(24)12-18(22)14-6-4-8-16(10-14)26-2/h3-12,21-22H,1-2H3. The summed E-state index contributed by atoms with van der Waals surface area (Å²) in [4.78, 5) is 23.9. The molecule has 0 aliphatic heterocycles. The van der Waals surface area contributed by atoms with Gasteiger partial charge in [0.15, 0.2) is 0 Å². The minimum absolute atomic E-state index is 0.325. The van der Waals surface area contributed by atoms with Gasteiger partial charge in [-0.2, -0.15) is 0 Å². The second-order valence-corrected chi connectivity index (χ2v) is 5.25. The average Bonchev–Trinajstić information content (AvgIpc) is 2.67. The number of ketones is 2. The summed E-state index contributed by atoms with van der Waals surface area (Å²) in [5.74, 6) is -1.71. The number of methoxy groups -OCH3 is 2. The zero-order valence-electron chi connectivity index (χ0n) is 14.3. The number of aliphatic hydroxyl groups is 2. The van der Waals surface area contributed by atoms with Crippen molar-refractivity contribution in [2.45, 2.75) is 0 Å². The van der Waals surface area contributed by atoms with Crippen LogP contribution >= 0.6 is 0 Å². The van der Waals surface area contributed by atoms with Gasteiger partial charge in [0.25, 0.3) is 0 Å². The molecule has 0 aromatic heterocycles. The molecule has 26 heavy (non-hydrogen) atoms. The highest BCUT2D eigenvalue weighted by Gasteiger charge is 2.13. The topological polar surface area (TPSA) is 93.1 Å². The summed E-state index contributed by atoms with van der Waals surface area (Å²) in [6.45, 7) is 0. The molecular weight excluding hydrogens is 336 g/mol. The molecule has 2 aromatic carbocycles. The zero-order chi connectivity index (χ0) is 19.1. The Labute approximate surface area is 150 Å². The molecular formula is C20H18O6. The van der Waals surface area contributed by atoms with E-state index in [0.29, 0.717) is 22.6 Å². The number of carbonyl (C=O) groups is 2. The molecule has 0 unspecified atom stereocenters. The number of benzene rings is 2. The van der Waals surface area contributed by atoms with Gasteiger partial charge in [-0.3, -0.25) is 9.59 Å². The Kier molecular flexibility index (Phi) is 6.16. The van der Waals surface area contributed by atoms with Gasteiger partial charge in [0.1, 0.15) is 23.0 Å². The molecule has 0 saturated heterocycles. The van der Waals surface area contributed by atoms with Crippen LogP contribution in [0.1, 0.15) is 11.1 Å². The Balaban J connectivity index is 2.18. The van der Waals surface area contributed by atoms with Crippen molar-refractivity contribution in [1.29, 1.82) is 0 Å². The van der Waals surface area contributed by atoms with Crippen molar-refractivity contribution >= 4 is 23.1 Å². The van der Waals surface area contributed by atoms with Crippen molar-refractivity contribution in [1.82, 2.24) is 0 Å². The van der Waals surface area contributed by atoms with E-state index in [-0.39, 0.29) is 11.5 Å². The molecule has 0 bridgehead atoms. The highest BCUT2D eigenvalue weighted by Crippen LogP contribution is 2.20. The monoisotopic (exact) mass is 354 g/mol. The highest BCUT2D eigenvalue weighted by molar-refractivity contribution is 6.47. The van der Waals surface area contributed by atoms with Crippen molar-refractivity contribution in [2.24, 2.45) is 0 Å². The van der Waals surface area contributed by atoms with Crippen molar-refractivity contribution in [3.63, 3.8) is 0 Å². The Hall–Kier alpha value is -3.54. The van der Waals surface area contributed by atoms with E-state index in [0.717, 1.165) is 12.2 Å². The van der Waals surface area contributed by atoms with Crippen LogP contribution in [0.2, 0.25) is 0 Å². The molecule has 0 aliphatic carbocycles. The first kappa shape index (κ1) is 18.8. The normalized spacial score (nSPS) is 11.8. The van der Waals surface area contributed by atoms with E-state index >= 15 is 0 Å². The Morgan fingerprint density at radius 3 is 1.50 bits per heavy atom. The van der Waals surface area contributed by atoms with E-state index in [1.54, 1.807) is 36.4 Å². The third kappa shape index (κ3) is 4.73. The third-order valence-corrected chi connectivity index (χ3v) is 3.51. The Morgan fingerprint density at radius 1 is 0.769 bits per heavy atom. The van der Waals surface area contributed by atoms with Crippen LogP contribution in [-0.4, -0.2) is 36.0 Å². The number of hydrogen-bond acceptors (Lipinski definition) is 6. The van der Waals surface area contributed by atoms with Gasteiger partial charge >= 0.3 is 0 Å². The molecule has 0 amide bonds. The molecule has 2 aromatic rings. The molecule has 0 radical (unpaired) electrons. The number of rotatable bonds is 7. The van der Waals surface area contributed by atoms with Crippen molar-refractivity contribution < 1.29 is 29.3 Å². The largest absolute Gasteiger partial charge is 0.507 e. The fourth-order valence-corrected chi connectivity index (χ4v) is 2.12. The van der Waals surface area contributed by atoms with Crippen LogP contribution < -0.4 is 9.47 Å². The smallest absolute Gasteiger partial charge is 0.229 e. The predicted molar refractivity (Wildman–Crippen MR) is 97.2 cm³/mol. The number of carbonyl (C=O) groups excluding carboxylic acids is 2. The van der Waals surface area contributed by atoms with E-state index in [1.165, 1.54) is 26.4 Å². The molecule has 134 valence electrons. The fourth-order valence-electron chi connectivity index (χ4n) is 2.12. The zero-order valence-corrected chi connectivity index (χ0v) is 14.3. The lowest BCUT2D eigenvalue weighted by Crippen LogP contribution is -2.09. The summed E-state index contributed by atoms with van der Waals surface area (Å²) in [6, 6.07) is 12.8. The predicted octanol–water partition coefficient (Wildman–Crippen LogP) is 3.34. The maximum Gasteiger partial charge on any atom is 0.229 e. The summed E-state index contributed by atoms with van der Waals surface area (Å²) in [5.41, 5.74) is 0.651. The van der Waals surface area contributed by atoms with E-state index in [4.69, 9.17) is 9.47 Å². The van der Waals surface area contributed by atoms with E-state index in [9.17, 15) is 19.8 Å². The van der Waals surface area contributed by atoms with Crippen molar-refractivity contribution in [2.75, 3.05) is 14.2 Å². The van der Waals surface area contributed by atoms with Gasteiger partial charge in [-0.25, -0.2) is 0 Å². The van der Waals surface area contributed by atoms with Crippen LogP contribution in [0.3, 0.4) is 0 Å². The van der Waals surface area contributed by atoms with Crippen LogP contribution in [0.15, 0.2) is 60.7 Å². The maximum atomic E-state index is 12.0. The molecule has 0 heterocycles. The first-order chi connectivity index (χ1) is 12.4. The van der Waals surface area contributed by atoms with Gasteiger partial charge in [-0.15, -0.1) is 0 Å². The summed E-state index contributed by atoms with van der Waals surface area (Å²) in [6.07, 6.45) is 1.60. The number of hydrogen-bond donors (Lipinski definition) is 2. The van der Waals surface area contributed by atoms with Crippen LogP contribution in [0, 0.1) is 0 Å². The van der Waals surface area contributed by atoms with Gasteiger partial charge in [-0.1, -0.05) is 24.3 Å². The van der Waals surface area contributed by atoms with E-state index < -0.39 is 11.6 Å². The fraction of sp³-hybridized carbons (Fsp3) is 0.100. The molecule has 6 heteroatoms. The summed E-state index contributed by atoms with van der Waals surface area (Å²) in [7, 11) is 2.95. The van der Waals surface area contributed by atoms with Gasteiger partial charge in [-0.05, 0) is 24.3 Å². The number of allylic oxidation sites excluding steroid dienone is 2. The molecule has 2 rings (SSSR count). The van der Waals surface area contributed by atoms with Gasteiger partial charge < -0.3 is 19.7 Å². The molecule has 0 atom stereocenters. The lowest BCUT2D eigenvalue weighted by Gasteiger charge is -2.04. The minimum Gasteiger partial charge on any atom is -0.507 e. The Morgan fingerprint density at radius 2 is 1.15 bits per heavy atom. The first-order valence-electron chi connectivity index (χ1n) is 7.63. The maximum absolute atomic E-state index is 12.0. The first-order valence-corrected chi connectivity index (χ1v) is 7.63. The summed E-state index contributed by atoms with van der Waals surface area (Å²) >= 11 is 0. The second-order valence-electron chi connectivity index (χ2n) is 5.25. The number of aliphatic hydroxyl groups excluding tert-OH is 2. The number of ether oxygens (including phenoxy) is 2. The summed E-state index contributed by atoms with van der Waals surface area (Å²) < 4.78 is 10.1. The van der Waals surface area contributed by atoms with Crippen LogP contribution in [-0.2, 0) is 9.59 Å². The molecule has 2 N–H and O–H groups in total. The van der Waals surface area contributed by atoms with E-state index in [1.807, 2.05) is 0 Å². The lowest BCUT2D eigenvalue weighted by molar-refractivity contribution is -0.130. The molecule has 0 saturated carbocycles. The summed E-state index contributed by atoms with van der Waals surface area (Å²) in [5, 5.41) is 20.0. The third-order valence-electron chi connectivity index (χ3n) is 3.51. The minimum atomic E-state index is -0.972. The quantitative estimate of drug-likeness (QED) is 0.450. The highest BCUT2D eigenvalue weighted by atomic mass is 16.5.